The average Bonchev–Trinajstić information content (AvgIpc) is 2.67. The highest BCUT2D eigenvalue weighted by Crippen LogP contribution is 2.27. The first kappa shape index (κ1) is 15.0. The molecular weight excluding hydrogens is 276 g/mol. The van der Waals surface area contributed by atoms with Crippen LogP contribution >= 0.6 is 23.1 Å². The van der Waals surface area contributed by atoms with Gasteiger partial charge in [-0.3, -0.25) is 0 Å². The molecule has 0 radical (unpaired) electrons. The van der Waals surface area contributed by atoms with Gasteiger partial charge in [0.25, 0.3) is 10.0 Å². The van der Waals surface area contributed by atoms with Crippen molar-refractivity contribution in [1.29, 1.82) is 0 Å². The third-order valence-corrected chi connectivity index (χ3v) is 6.61. The van der Waals surface area contributed by atoms with Crippen molar-refractivity contribution in [1.82, 2.24) is 4.31 Å². The second-order valence-corrected chi connectivity index (χ2v) is 8.09. The lowest BCUT2D eigenvalue weighted by atomic mass is 10.3. The molecule has 1 aromatic heterocycles. The number of rotatable bonds is 6. The van der Waals surface area contributed by atoms with E-state index in [4.69, 9.17) is 5.73 Å². The summed E-state index contributed by atoms with van der Waals surface area (Å²) in [4.78, 5) is 0.932. The van der Waals surface area contributed by atoms with Crippen LogP contribution in [0.4, 0.5) is 0 Å². The topological polar surface area (TPSA) is 63.4 Å². The first-order chi connectivity index (χ1) is 7.93. The lowest BCUT2D eigenvalue weighted by molar-refractivity contribution is 0.490. The first-order valence-electron chi connectivity index (χ1n) is 5.18. The monoisotopic (exact) mass is 294 g/mol. The number of hydrogen-bond acceptors (Lipinski definition) is 5. The molecule has 0 spiro atoms. The molecule has 0 aliphatic carbocycles. The van der Waals surface area contributed by atoms with Crippen LogP contribution in [0.3, 0.4) is 0 Å². The molecule has 0 aliphatic rings. The van der Waals surface area contributed by atoms with Crippen LogP contribution in [0.5, 0.6) is 0 Å². The highest BCUT2D eigenvalue weighted by Gasteiger charge is 2.23. The Balaban J connectivity index is 2.96. The summed E-state index contributed by atoms with van der Waals surface area (Å²) in [7, 11) is -1.73. The summed E-state index contributed by atoms with van der Waals surface area (Å²) in [6, 6.07) is 1.71. The van der Waals surface area contributed by atoms with Gasteiger partial charge >= 0.3 is 0 Å². The Kier molecular flexibility index (Phi) is 5.46. The van der Waals surface area contributed by atoms with Gasteiger partial charge in [0, 0.05) is 30.8 Å². The Morgan fingerprint density at radius 2 is 2.18 bits per heavy atom. The van der Waals surface area contributed by atoms with Crippen molar-refractivity contribution in [2.45, 2.75) is 17.7 Å². The molecule has 98 valence electrons. The molecule has 17 heavy (non-hydrogen) atoms. The molecular formula is C10H18N2O2S3. The second kappa shape index (κ2) is 6.19. The summed E-state index contributed by atoms with van der Waals surface area (Å²) in [5.41, 5.74) is 6.52. The summed E-state index contributed by atoms with van der Waals surface area (Å²) >= 11 is 2.90. The molecule has 1 heterocycles. The predicted octanol–water partition coefficient (Wildman–Crippen LogP) is 1.50. The lowest BCUT2D eigenvalue weighted by Crippen LogP contribution is -2.28. The molecule has 0 aromatic carbocycles. The molecule has 0 saturated heterocycles. The summed E-state index contributed by atoms with van der Waals surface area (Å²) in [6.45, 7) is 2.80. The molecule has 0 amide bonds. The highest BCUT2D eigenvalue weighted by molar-refractivity contribution is 7.98. The maximum absolute atomic E-state index is 12.2. The summed E-state index contributed by atoms with van der Waals surface area (Å²) in [5.74, 6) is 0.795. The molecule has 0 fully saturated rings. The van der Waals surface area contributed by atoms with E-state index in [1.165, 1.54) is 15.6 Å². The number of nitrogens with two attached hydrogens (primary N) is 1. The molecule has 0 aliphatic heterocycles. The van der Waals surface area contributed by atoms with E-state index in [9.17, 15) is 8.42 Å². The van der Waals surface area contributed by atoms with Gasteiger partial charge in [-0.25, -0.2) is 8.42 Å². The lowest BCUT2D eigenvalue weighted by Gasteiger charge is -2.14. The number of thioether (sulfide) groups is 1. The largest absolute Gasteiger partial charge is 0.326 e. The Morgan fingerprint density at radius 3 is 2.65 bits per heavy atom. The van der Waals surface area contributed by atoms with Crippen LogP contribution in [-0.4, -0.2) is 38.3 Å². The maximum Gasteiger partial charge on any atom is 0.252 e. The van der Waals surface area contributed by atoms with Gasteiger partial charge in [-0.15, -0.1) is 11.3 Å². The molecule has 4 nitrogen and oxygen atoms in total. The van der Waals surface area contributed by atoms with Gasteiger partial charge in [0.1, 0.15) is 4.21 Å². The zero-order valence-electron chi connectivity index (χ0n) is 10.3. The zero-order valence-corrected chi connectivity index (χ0v) is 12.7. The van der Waals surface area contributed by atoms with E-state index < -0.39 is 10.0 Å². The number of hydrogen-bond donors (Lipinski definition) is 1. The fourth-order valence-electron chi connectivity index (χ4n) is 1.31. The first-order valence-corrected chi connectivity index (χ1v) is 8.83. The van der Waals surface area contributed by atoms with Crippen molar-refractivity contribution in [2.75, 3.05) is 25.6 Å². The van der Waals surface area contributed by atoms with Crippen LogP contribution in [0.15, 0.2) is 10.3 Å². The number of thiophene rings is 1. The van der Waals surface area contributed by atoms with E-state index in [0.29, 0.717) is 17.3 Å². The third kappa shape index (κ3) is 3.45. The van der Waals surface area contributed by atoms with Crippen LogP contribution in [0, 0.1) is 6.92 Å². The summed E-state index contributed by atoms with van der Waals surface area (Å²) in [6.07, 6.45) is 1.96. The van der Waals surface area contributed by atoms with Gasteiger partial charge in [0.15, 0.2) is 0 Å². The number of nitrogens with zero attached hydrogens (tertiary/aromatic N) is 1. The fraction of sp³-hybridized carbons (Fsp3) is 0.600. The van der Waals surface area contributed by atoms with Gasteiger partial charge in [-0.1, -0.05) is 0 Å². The highest BCUT2D eigenvalue weighted by atomic mass is 32.2. The minimum absolute atomic E-state index is 0.388. The van der Waals surface area contributed by atoms with Crippen LogP contribution in [0.2, 0.25) is 0 Å². The molecule has 2 N–H and O–H groups in total. The van der Waals surface area contributed by atoms with Crippen molar-refractivity contribution in [3.63, 3.8) is 0 Å². The SMILES string of the molecule is CSCCN(C)S(=O)(=O)c1cc(C)c(CN)s1. The number of aryl methyl sites for hydroxylation is 1. The minimum Gasteiger partial charge on any atom is -0.326 e. The van der Waals surface area contributed by atoms with Gasteiger partial charge in [-0.05, 0) is 24.8 Å². The van der Waals surface area contributed by atoms with Crippen LogP contribution in [0.25, 0.3) is 0 Å². The van der Waals surface area contributed by atoms with Gasteiger partial charge in [-0.2, -0.15) is 16.1 Å². The fourth-order valence-corrected chi connectivity index (χ4v) is 4.74. The van der Waals surface area contributed by atoms with Crippen LogP contribution < -0.4 is 5.73 Å². The normalized spacial score (nSPS) is 12.3. The van der Waals surface area contributed by atoms with E-state index in [0.717, 1.165) is 16.2 Å². The Hall–Kier alpha value is -0.0800. The molecule has 0 atom stereocenters. The van der Waals surface area contributed by atoms with E-state index >= 15 is 0 Å². The smallest absolute Gasteiger partial charge is 0.252 e. The molecule has 0 bridgehead atoms. The summed E-state index contributed by atoms with van der Waals surface area (Å²) in [5, 5.41) is 0. The van der Waals surface area contributed by atoms with E-state index in [1.807, 2.05) is 13.2 Å². The molecule has 7 heteroatoms. The van der Waals surface area contributed by atoms with E-state index in [1.54, 1.807) is 24.9 Å². The van der Waals surface area contributed by atoms with E-state index in [2.05, 4.69) is 0 Å². The van der Waals surface area contributed by atoms with Crippen molar-refractivity contribution >= 4 is 33.1 Å². The van der Waals surface area contributed by atoms with E-state index in [-0.39, 0.29) is 0 Å². The Labute approximate surface area is 111 Å². The molecule has 0 unspecified atom stereocenters. The van der Waals surface area contributed by atoms with Gasteiger partial charge in [0.05, 0.1) is 0 Å². The van der Waals surface area contributed by atoms with Gasteiger partial charge < -0.3 is 5.73 Å². The van der Waals surface area contributed by atoms with Crippen molar-refractivity contribution in [2.24, 2.45) is 5.73 Å². The van der Waals surface area contributed by atoms with Crippen LogP contribution in [0.1, 0.15) is 10.4 Å². The number of sulfonamides is 1. The van der Waals surface area contributed by atoms with Gasteiger partial charge in [0.2, 0.25) is 0 Å². The minimum atomic E-state index is -3.34. The predicted molar refractivity (Wildman–Crippen MR) is 75.1 cm³/mol. The molecule has 1 aromatic rings. The Morgan fingerprint density at radius 1 is 1.53 bits per heavy atom. The van der Waals surface area contributed by atoms with Crippen molar-refractivity contribution in [3.05, 3.63) is 16.5 Å². The maximum atomic E-state index is 12.2. The molecule has 1 rings (SSSR count). The quantitative estimate of drug-likeness (QED) is 0.863. The third-order valence-electron chi connectivity index (χ3n) is 2.46. The average molecular weight is 294 g/mol. The second-order valence-electron chi connectivity index (χ2n) is 3.70. The van der Waals surface area contributed by atoms with Crippen molar-refractivity contribution in [3.8, 4) is 0 Å². The standard InChI is InChI=1S/C10H18N2O2S3/c1-8-6-10(16-9(8)7-11)17(13,14)12(2)4-5-15-3/h6H,4-5,7,11H2,1-3H3. The van der Waals surface area contributed by atoms with Crippen molar-refractivity contribution < 1.29 is 8.42 Å². The van der Waals surface area contributed by atoms with Crippen LogP contribution in [-0.2, 0) is 16.6 Å². The summed E-state index contributed by atoms with van der Waals surface area (Å²) < 4.78 is 26.2. The zero-order chi connectivity index (χ0) is 13.1. The Bertz CT molecular complexity index is 468. The molecule has 0 saturated carbocycles.